The Morgan fingerprint density at radius 3 is 2.61 bits per heavy atom. The molecule has 0 bridgehead atoms. The molecule has 1 aliphatic heterocycles. The predicted molar refractivity (Wildman–Crippen MR) is 112 cm³/mol. The zero-order valence-corrected chi connectivity index (χ0v) is 17.8. The predicted octanol–water partition coefficient (Wildman–Crippen LogP) is 3.05. The van der Waals surface area contributed by atoms with E-state index in [1.165, 1.54) is 31.5 Å². The van der Waals surface area contributed by atoms with Gasteiger partial charge in [0.05, 0.1) is 24.4 Å². The van der Waals surface area contributed by atoms with E-state index in [2.05, 4.69) is 25.3 Å². The van der Waals surface area contributed by atoms with Crippen LogP contribution in [0, 0.1) is 0 Å². The fourth-order valence-corrected chi connectivity index (χ4v) is 3.71. The number of aliphatic hydroxyl groups excluding tert-OH is 2. The summed E-state index contributed by atoms with van der Waals surface area (Å²) >= 11 is 0. The van der Waals surface area contributed by atoms with Gasteiger partial charge in [-0.25, -0.2) is 19.3 Å². The first kappa shape index (κ1) is 23.1. The summed E-state index contributed by atoms with van der Waals surface area (Å²) in [6, 6.07) is 1.02. The van der Waals surface area contributed by atoms with Gasteiger partial charge in [-0.3, -0.25) is 0 Å². The van der Waals surface area contributed by atoms with Crippen LogP contribution in [0.3, 0.4) is 0 Å². The van der Waals surface area contributed by atoms with Gasteiger partial charge >= 0.3 is 6.18 Å². The molecule has 1 fully saturated rings. The van der Waals surface area contributed by atoms with Crippen molar-refractivity contribution in [2.24, 2.45) is 0 Å². The molecule has 1 saturated heterocycles. The zero-order valence-electron chi connectivity index (χ0n) is 17.8. The third kappa shape index (κ3) is 4.69. The second kappa shape index (κ2) is 8.71. The van der Waals surface area contributed by atoms with Crippen molar-refractivity contribution in [3.05, 3.63) is 30.4 Å². The van der Waals surface area contributed by atoms with E-state index in [9.17, 15) is 27.8 Å². The Hall–Kier alpha value is -3.06. The minimum Gasteiger partial charge on any atom is -0.390 e. The molecule has 13 heteroatoms. The lowest BCUT2D eigenvalue weighted by Gasteiger charge is -2.32. The van der Waals surface area contributed by atoms with Crippen molar-refractivity contribution < 1.29 is 27.8 Å². The molecule has 3 N–H and O–H groups in total. The van der Waals surface area contributed by atoms with E-state index in [0.717, 1.165) is 11.5 Å². The van der Waals surface area contributed by atoms with Gasteiger partial charge in [0.15, 0.2) is 0 Å². The van der Waals surface area contributed by atoms with Crippen LogP contribution in [-0.4, -0.2) is 66.3 Å². The van der Waals surface area contributed by atoms with Crippen molar-refractivity contribution in [3.63, 3.8) is 0 Å². The highest BCUT2D eigenvalue weighted by Gasteiger charge is 2.40. The summed E-state index contributed by atoms with van der Waals surface area (Å²) < 4.78 is 55.3. The van der Waals surface area contributed by atoms with Crippen molar-refractivity contribution in [2.75, 3.05) is 23.3 Å². The average Bonchev–Trinajstić information content (AvgIpc) is 3.13. The van der Waals surface area contributed by atoms with Gasteiger partial charge in [-0.1, -0.05) is 0 Å². The van der Waals surface area contributed by atoms with Gasteiger partial charge in [-0.2, -0.15) is 18.2 Å². The first-order valence-electron chi connectivity index (χ1n) is 10.3. The summed E-state index contributed by atoms with van der Waals surface area (Å²) in [6.45, 7) is 2.67. The van der Waals surface area contributed by atoms with Crippen molar-refractivity contribution in [1.29, 1.82) is 0 Å². The highest BCUT2D eigenvalue weighted by Crippen LogP contribution is 2.36. The van der Waals surface area contributed by atoms with Crippen molar-refractivity contribution in [1.82, 2.24) is 24.5 Å². The number of nitrogens with zero attached hydrogens (tertiary/aromatic N) is 6. The molecule has 3 aromatic heterocycles. The van der Waals surface area contributed by atoms with E-state index in [4.69, 9.17) is 0 Å². The fraction of sp³-hybridized carbons (Fsp3) is 0.500. The lowest BCUT2D eigenvalue weighted by molar-refractivity contribution is -0.163. The maximum atomic E-state index is 13.9. The van der Waals surface area contributed by atoms with E-state index >= 15 is 0 Å². The molecule has 0 aliphatic carbocycles. The first-order chi connectivity index (χ1) is 15.5. The number of piperidine rings is 1. The molecule has 3 aromatic rings. The maximum Gasteiger partial charge on any atom is 0.408 e. The van der Waals surface area contributed by atoms with Crippen LogP contribution >= 0.6 is 0 Å². The summed E-state index contributed by atoms with van der Waals surface area (Å²) in [5, 5.41) is 22.5. The number of aromatic nitrogens is 5. The number of aliphatic hydroxyl groups is 2. The number of fused-ring (bicyclic) bond motifs is 1. The molecular weight excluding hydrogens is 446 g/mol. The van der Waals surface area contributed by atoms with E-state index < -0.39 is 30.6 Å². The number of nitrogens with one attached hydrogen (secondary N) is 1. The molecular formula is C20H23F4N7O2. The summed E-state index contributed by atoms with van der Waals surface area (Å²) in [6.07, 6.45) is -5.19. The number of imidazole rings is 1. The highest BCUT2D eigenvalue weighted by atomic mass is 19.4. The Morgan fingerprint density at radius 2 is 1.94 bits per heavy atom. The molecule has 178 valence electrons. The molecule has 0 spiro atoms. The standard InChI is InChI=1S/C20H23F4N7O2/c1-10(32)18-27-13-8-26-17(7-14(13)31(18)11(2)20(22,23)24)28-16-3-5-25-19(29-16)30-6-4-15(33)12(21)9-30/h3,5,7-8,10-12,15,32-33H,4,6,9H2,1-2H3,(H,25,26,28,29)/t10-,11+,12-,15+/m0/s1. The van der Waals surface area contributed by atoms with Crippen LogP contribution in [0.1, 0.15) is 38.2 Å². The summed E-state index contributed by atoms with van der Waals surface area (Å²) in [4.78, 5) is 18.4. The fourth-order valence-electron chi connectivity index (χ4n) is 3.71. The summed E-state index contributed by atoms with van der Waals surface area (Å²) in [5.74, 6) is 0.644. The molecule has 0 aromatic carbocycles. The van der Waals surface area contributed by atoms with Crippen molar-refractivity contribution in [2.45, 2.75) is 50.9 Å². The largest absolute Gasteiger partial charge is 0.408 e. The number of hydrogen-bond donors (Lipinski definition) is 3. The lowest BCUT2D eigenvalue weighted by atomic mass is 10.1. The van der Waals surface area contributed by atoms with E-state index in [0.29, 0.717) is 12.4 Å². The molecule has 0 unspecified atom stereocenters. The van der Waals surface area contributed by atoms with Crippen LogP contribution in [0.5, 0.6) is 0 Å². The Bertz CT molecular complexity index is 1140. The summed E-state index contributed by atoms with van der Waals surface area (Å²) in [5.41, 5.74) is 0.351. The highest BCUT2D eigenvalue weighted by molar-refractivity contribution is 5.79. The molecule has 4 rings (SSSR count). The van der Waals surface area contributed by atoms with Crippen LogP contribution in [0.15, 0.2) is 24.5 Å². The zero-order chi connectivity index (χ0) is 23.9. The first-order valence-corrected chi connectivity index (χ1v) is 10.3. The quantitative estimate of drug-likeness (QED) is 0.489. The molecule has 0 amide bonds. The van der Waals surface area contributed by atoms with Gasteiger partial charge < -0.3 is 25.0 Å². The number of anilines is 3. The van der Waals surface area contributed by atoms with Gasteiger partial charge in [-0.15, -0.1) is 0 Å². The molecule has 9 nitrogen and oxygen atoms in total. The minimum atomic E-state index is -4.55. The number of pyridine rings is 1. The van der Waals surface area contributed by atoms with Gasteiger partial charge in [-0.05, 0) is 26.3 Å². The van der Waals surface area contributed by atoms with Gasteiger partial charge in [0.2, 0.25) is 5.95 Å². The Kier molecular flexibility index (Phi) is 6.10. The number of hydrogen-bond acceptors (Lipinski definition) is 8. The maximum absolute atomic E-state index is 13.9. The van der Waals surface area contributed by atoms with Crippen molar-refractivity contribution >= 4 is 28.6 Å². The van der Waals surface area contributed by atoms with E-state index in [-0.39, 0.29) is 41.6 Å². The molecule has 4 heterocycles. The van der Waals surface area contributed by atoms with Gasteiger partial charge in [0, 0.05) is 18.8 Å². The monoisotopic (exact) mass is 469 g/mol. The topological polar surface area (TPSA) is 112 Å². The van der Waals surface area contributed by atoms with Gasteiger partial charge in [0.1, 0.15) is 41.3 Å². The number of alkyl halides is 4. The third-order valence-corrected chi connectivity index (χ3v) is 5.53. The Labute approximate surface area is 186 Å². The normalized spacial score (nSPS) is 21.3. The second-order valence-electron chi connectivity index (χ2n) is 7.98. The number of rotatable bonds is 5. The van der Waals surface area contributed by atoms with Crippen LogP contribution < -0.4 is 10.2 Å². The molecule has 0 saturated carbocycles. The average molecular weight is 469 g/mol. The van der Waals surface area contributed by atoms with Crippen LogP contribution in [0.25, 0.3) is 11.0 Å². The Morgan fingerprint density at radius 1 is 1.18 bits per heavy atom. The SMILES string of the molecule is C[C@H](O)c1nc2cnc(Nc3ccnc(N4CC[C@@H](O)[C@@H](F)C4)n3)cc2n1[C@H](C)C(F)(F)F. The Balaban J connectivity index is 1.65. The minimum absolute atomic E-state index is 0.0501. The molecule has 0 radical (unpaired) electrons. The van der Waals surface area contributed by atoms with E-state index in [1.54, 1.807) is 4.90 Å². The van der Waals surface area contributed by atoms with Crippen LogP contribution in [0.4, 0.5) is 35.1 Å². The van der Waals surface area contributed by atoms with Crippen molar-refractivity contribution in [3.8, 4) is 0 Å². The summed E-state index contributed by atoms with van der Waals surface area (Å²) in [7, 11) is 0. The van der Waals surface area contributed by atoms with Gasteiger partial charge in [0.25, 0.3) is 0 Å². The third-order valence-electron chi connectivity index (χ3n) is 5.53. The molecule has 33 heavy (non-hydrogen) atoms. The smallest absolute Gasteiger partial charge is 0.390 e. The van der Waals surface area contributed by atoms with Crippen LogP contribution in [-0.2, 0) is 0 Å². The van der Waals surface area contributed by atoms with E-state index in [1.807, 2.05) is 0 Å². The second-order valence-corrected chi connectivity index (χ2v) is 7.98. The number of halogens is 4. The lowest BCUT2D eigenvalue weighted by Crippen LogP contribution is -2.45. The molecule has 1 aliphatic rings. The van der Waals surface area contributed by atoms with Crippen LogP contribution in [0.2, 0.25) is 0 Å². The molecule has 4 atom stereocenters.